The van der Waals surface area contributed by atoms with E-state index in [-0.39, 0.29) is 36.6 Å². The van der Waals surface area contributed by atoms with Crippen molar-refractivity contribution in [2.75, 3.05) is 34.4 Å². The summed E-state index contributed by atoms with van der Waals surface area (Å²) >= 11 is 0. The van der Waals surface area contributed by atoms with Gasteiger partial charge in [0.15, 0.2) is 45.6 Å². The lowest BCUT2D eigenvalue weighted by Gasteiger charge is -2.30. The second kappa shape index (κ2) is 19.7. The molecular formula is C42H56N24O6. The molecule has 8 aromatic heterocycles. The van der Waals surface area contributed by atoms with Crippen LogP contribution in [0.25, 0.3) is 22.3 Å². The van der Waals surface area contributed by atoms with Crippen LogP contribution in [0.15, 0.2) is 37.7 Å². The van der Waals surface area contributed by atoms with E-state index in [2.05, 4.69) is 62.1 Å². The molecule has 0 spiro atoms. The normalized spacial score (nSPS) is 25.5. The number of aromatic nitrogens is 20. The fraction of sp³-hybridized carbons (Fsp3) is 0.571. The molecule has 72 heavy (non-hydrogen) atoms. The minimum atomic E-state index is -1.23. The molecule has 380 valence electrons. The monoisotopic (exact) mass is 992 g/mol. The van der Waals surface area contributed by atoms with Gasteiger partial charge < -0.3 is 70.2 Å². The van der Waals surface area contributed by atoms with Crippen LogP contribution in [0.2, 0.25) is 0 Å². The Morgan fingerprint density at radius 2 is 0.958 bits per heavy atom. The number of aliphatic hydroxyl groups is 6. The molecule has 8 atom stereocenters. The van der Waals surface area contributed by atoms with E-state index in [4.69, 9.17) is 29.9 Å². The zero-order valence-electron chi connectivity index (χ0n) is 39.4. The summed E-state index contributed by atoms with van der Waals surface area (Å²) < 4.78 is 7.29. The van der Waals surface area contributed by atoms with Gasteiger partial charge in [-0.05, 0) is 49.0 Å². The van der Waals surface area contributed by atoms with Crippen molar-refractivity contribution in [3.05, 3.63) is 60.7 Å². The molecule has 3 fully saturated rings. The fourth-order valence-electron chi connectivity index (χ4n) is 10.1. The average molecular weight is 993 g/mol. The highest BCUT2D eigenvalue weighted by atomic mass is 16.3. The van der Waals surface area contributed by atoms with Crippen LogP contribution in [0, 0.1) is 0 Å². The molecule has 0 amide bonds. The van der Waals surface area contributed by atoms with Gasteiger partial charge in [0.1, 0.15) is 49.7 Å². The molecule has 0 aromatic carbocycles. The average Bonchev–Trinajstić information content (AvgIpc) is 4.26. The maximum absolute atomic E-state index is 11.4. The van der Waals surface area contributed by atoms with E-state index >= 15 is 0 Å². The molecule has 11 rings (SSSR count). The lowest BCUT2D eigenvalue weighted by Crippen LogP contribution is -2.33. The Morgan fingerprint density at radius 1 is 0.542 bits per heavy atom. The first kappa shape index (κ1) is 47.0. The Balaban J connectivity index is 0.821. The van der Waals surface area contributed by atoms with Gasteiger partial charge in [-0.3, -0.25) is 0 Å². The quantitative estimate of drug-likeness (QED) is 0.0460. The molecule has 8 heterocycles. The van der Waals surface area contributed by atoms with Crippen molar-refractivity contribution in [1.82, 2.24) is 98.6 Å². The summed E-state index contributed by atoms with van der Waals surface area (Å²) in [6.07, 6.45) is 10.5. The van der Waals surface area contributed by atoms with Gasteiger partial charge in [-0.25, -0.2) is 19.9 Å². The third kappa shape index (κ3) is 9.22. The Morgan fingerprint density at radius 3 is 1.33 bits per heavy atom. The number of imidazole rings is 4. The van der Waals surface area contributed by atoms with Crippen molar-refractivity contribution < 1.29 is 30.6 Å². The minimum absolute atomic E-state index is 0.000311. The van der Waals surface area contributed by atoms with Crippen LogP contribution in [-0.4, -0.2) is 179 Å². The molecule has 0 bridgehead atoms. The summed E-state index contributed by atoms with van der Waals surface area (Å²) in [5.74, 6) is 1.96. The molecule has 0 radical (unpaired) electrons. The summed E-state index contributed by atoms with van der Waals surface area (Å²) in [5, 5.41) is 102. The van der Waals surface area contributed by atoms with Crippen LogP contribution in [-0.2, 0) is 40.2 Å². The van der Waals surface area contributed by atoms with E-state index < -0.39 is 61.8 Å². The number of aryl methyl sites for hydroxylation is 2. The van der Waals surface area contributed by atoms with Crippen molar-refractivity contribution in [3.63, 3.8) is 0 Å². The molecule has 3 aliphatic rings. The van der Waals surface area contributed by atoms with Crippen molar-refractivity contribution in [1.29, 1.82) is 0 Å². The molecule has 30 heteroatoms. The number of rotatable bonds is 18. The third-order valence-electron chi connectivity index (χ3n) is 13.9. The lowest BCUT2D eigenvalue weighted by molar-refractivity contribution is 0.00469. The smallest absolute Gasteiger partial charge is 0.226 e. The van der Waals surface area contributed by atoms with Gasteiger partial charge in [0.2, 0.25) is 11.9 Å². The van der Waals surface area contributed by atoms with Crippen LogP contribution < -0.4 is 21.3 Å². The molecule has 8 aromatic rings. The third-order valence-corrected chi connectivity index (χ3v) is 13.9. The number of nitrogens with one attached hydrogen (secondary N) is 4. The topological polar surface area (TPSA) is 380 Å². The number of aliphatic hydroxyl groups excluding tert-OH is 6. The molecule has 0 saturated heterocycles. The van der Waals surface area contributed by atoms with Gasteiger partial charge in [0.25, 0.3) is 0 Å². The first-order chi connectivity index (χ1) is 35.0. The highest BCUT2D eigenvalue weighted by Crippen LogP contribution is 2.41. The Labute approximate surface area is 408 Å². The summed E-state index contributed by atoms with van der Waals surface area (Å²) in [4.78, 5) is 40.4. The zero-order chi connectivity index (χ0) is 49.6. The highest BCUT2D eigenvalue weighted by molar-refractivity contribution is 5.85. The zero-order valence-corrected chi connectivity index (χ0v) is 39.4. The molecule has 0 aliphatic heterocycles. The SMILES string of the molecule is Cn1cnc(CCNc2nc(NC3CCC(Nc4nc(NCCc5cn(C)cn5)nc5c4ncn5[C@@H]4C[C@H](n5nnc(CO)n5)[C@@H](O)[C@H]4O)CC3)c3ncn([C@@H]4C[C@H](n5nnc(CO)n5)[C@@H](O)[C@H]4O)c3n2)c1. The van der Waals surface area contributed by atoms with E-state index in [0.717, 1.165) is 37.1 Å². The van der Waals surface area contributed by atoms with Crippen molar-refractivity contribution in [2.45, 2.75) is 125 Å². The first-order valence-corrected chi connectivity index (χ1v) is 23.9. The van der Waals surface area contributed by atoms with E-state index in [9.17, 15) is 30.6 Å². The maximum atomic E-state index is 11.4. The number of nitrogens with zero attached hydrogens (tertiary/aromatic N) is 20. The van der Waals surface area contributed by atoms with Crippen LogP contribution in [0.1, 0.15) is 85.7 Å². The molecule has 3 aliphatic carbocycles. The Bertz CT molecular complexity index is 2930. The maximum Gasteiger partial charge on any atom is 0.226 e. The Kier molecular flexibility index (Phi) is 12.8. The summed E-state index contributed by atoms with van der Waals surface area (Å²) in [6, 6.07) is -2.72. The van der Waals surface area contributed by atoms with Gasteiger partial charge in [0.05, 0.1) is 48.8 Å². The van der Waals surface area contributed by atoms with Crippen LogP contribution in [0.5, 0.6) is 0 Å². The molecule has 3 saturated carbocycles. The molecule has 0 unspecified atom stereocenters. The standard InChI is InChI=1S/C42H56N24O6/c1-61-13-23(45-17-61)7-9-43-41-51-37(31-39(53-41)63(19-47-31)25-11-27(35(71)33(25)69)65-57-29(15-67)55-59-65)49-21-3-5-22(6-4-21)50-38-32-40(54-42(52-38)44-10-8-24-14-62(2)18-46-24)64(20-48-32)26-12-28(36(72)34(26)70)66-58-30(16-68)56-60-66/h13-14,17-22,25-28,33-36,67-72H,3-12,15-16H2,1-2H3,(H2,43,49,51,53)(H2,44,50,52,54)/t21?,22?,25-,26-,27+,28+,33+,34+,35-,36-/m1/s1. The van der Waals surface area contributed by atoms with Crippen LogP contribution in [0.3, 0.4) is 0 Å². The van der Waals surface area contributed by atoms with E-state index in [1.165, 1.54) is 9.59 Å². The van der Waals surface area contributed by atoms with Crippen molar-refractivity contribution >= 4 is 45.9 Å². The highest BCUT2D eigenvalue weighted by Gasteiger charge is 2.47. The number of hydrogen-bond donors (Lipinski definition) is 10. The number of anilines is 4. The largest absolute Gasteiger partial charge is 0.388 e. The Hall–Kier alpha value is -7.38. The molecule has 10 N–H and O–H groups in total. The second-order valence-electron chi connectivity index (χ2n) is 18.8. The number of tetrazole rings is 2. The minimum Gasteiger partial charge on any atom is -0.388 e. The van der Waals surface area contributed by atoms with Gasteiger partial charge >= 0.3 is 0 Å². The van der Waals surface area contributed by atoms with Crippen molar-refractivity contribution in [2.24, 2.45) is 14.1 Å². The lowest BCUT2D eigenvalue weighted by atomic mass is 9.91. The summed E-state index contributed by atoms with van der Waals surface area (Å²) in [7, 11) is 3.83. The fourth-order valence-corrected chi connectivity index (χ4v) is 10.1. The van der Waals surface area contributed by atoms with Crippen LogP contribution >= 0.6 is 0 Å². The van der Waals surface area contributed by atoms with Gasteiger partial charge in [-0.2, -0.15) is 29.5 Å². The summed E-state index contributed by atoms with van der Waals surface area (Å²) in [6.45, 7) is 0.176. The van der Waals surface area contributed by atoms with E-state index in [1.54, 1.807) is 34.4 Å². The van der Waals surface area contributed by atoms with E-state index in [0.29, 0.717) is 71.8 Å². The van der Waals surface area contributed by atoms with Gasteiger partial charge in [-0.15, -0.1) is 20.4 Å². The number of fused-ring (bicyclic) bond motifs is 2. The molecule has 30 nitrogen and oxygen atoms in total. The van der Waals surface area contributed by atoms with Crippen molar-refractivity contribution in [3.8, 4) is 0 Å². The second-order valence-corrected chi connectivity index (χ2v) is 18.8. The van der Waals surface area contributed by atoms with Crippen LogP contribution in [0.4, 0.5) is 23.5 Å². The predicted octanol–water partition coefficient (Wildman–Crippen LogP) is -1.65. The van der Waals surface area contributed by atoms with Gasteiger partial charge in [0, 0.05) is 64.5 Å². The molecular weight excluding hydrogens is 937 g/mol. The predicted molar refractivity (Wildman–Crippen MR) is 252 cm³/mol. The van der Waals surface area contributed by atoms with E-state index in [1.807, 2.05) is 35.6 Å². The van der Waals surface area contributed by atoms with Gasteiger partial charge in [-0.1, -0.05) is 0 Å². The first-order valence-electron chi connectivity index (χ1n) is 23.9. The number of hydrogen-bond acceptors (Lipinski definition) is 24. The summed E-state index contributed by atoms with van der Waals surface area (Å²) in [5.41, 5.74) is 3.73.